The average molecular weight is 236 g/mol. The maximum Gasteiger partial charge on any atom is 0.126 e. The van der Waals surface area contributed by atoms with Crippen molar-refractivity contribution < 1.29 is 0 Å². The number of nitrogens with two attached hydrogens (primary N) is 1. The quantitative estimate of drug-likeness (QED) is 0.870. The summed E-state index contributed by atoms with van der Waals surface area (Å²) < 4.78 is 2.22. The van der Waals surface area contributed by atoms with Gasteiger partial charge in [0.05, 0.1) is 22.1 Å². The molecule has 1 aliphatic rings. The molecule has 2 N–H and O–H groups in total. The fraction of sp³-hybridized carbons (Fsp3) is 0.417. The van der Waals surface area contributed by atoms with Gasteiger partial charge in [0.15, 0.2) is 0 Å². The molecule has 0 spiro atoms. The van der Waals surface area contributed by atoms with Gasteiger partial charge in [0, 0.05) is 6.04 Å². The molecule has 1 saturated carbocycles. The summed E-state index contributed by atoms with van der Waals surface area (Å²) in [6, 6.07) is 6.33. The van der Waals surface area contributed by atoms with E-state index in [0.717, 1.165) is 21.9 Å². The molecule has 0 radical (unpaired) electrons. The van der Waals surface area contributed by atoms with Crippen molar-refractivity contribution in [3.05, 3.63) is 29.0 Å². The lowest BCUT2D eigenvalue weighted by Gasteiger charge is -2.10. The largest absolute Gasteiger partial charge is 0.322 e. The predicted molar refractivity (Wildman–Crippen MR) is 65.6 cm³/mol. The van der Waals surface area contributed by atoms with Crippen molar-refractivity contribution >= 4 is 22.6 Å². The van der Waals surface area contributed by atoms with Crippen molar-refractivity contribution in [1.82, 2.24) is 9.55 Å². The molecule has 1 aromatic carbocycles. The molecule has 1 aromatic heterocycles. The Morgan fingerprint density at radius 2 is 2.25 bits per heavy atom. The lowest BCUT2D eigenvalue weighted by molar-refractivity contribution is 0.639. The third-order valence-electron chi connectivity index (χ3n) is 3.01. The SMILES string of the molecule is C[C@H](N)c1nc2cccc(Cl)c2n1C1CC1. The topological polar surface area (TPSA) is 43.8 Å². The molecule has 0 unspecified atom stereocenters. The van der Waals surface area contributed by atoms with Crippen molar-refractivity contribution in [2.45, 2.75) is 31.8 Å². The van der Waals surface area contributed by atoms with E-state index >= 15 is 0 Å². The zero-order valence-electron chi connectivity index (χ0n) is 9.15. The molecule has 84 valence electrons. The number of hydrogen-bond acceptors (Lipinski definition) is 2. The first-order chi connectivity index (χ1) is 7.68. The van der Waals surface area contributed by atoms with E-state index in [1.807, 2.05) is 25.1 Å². The molecule has 16 heavy (non-hydrogen) atoms. The highest BCUT2D eigenvalue weighted by molar-refractivity contribution is 6.35. The highest BCUT2D eigenvalue weighted by Crippen LogP contribution is 2.41. The number of halogens is 1. The number of hydrogen-bond donors (Lipinski definition) is 1. The van der Waals surface area contributed by atoms with Crippen LogP contribution in [0.4, 0.5) is 0 Å². The van der Waals surface area contributed by atoms with E-state index in [1.54, 1.807) is 0 Å². The van der Waals surface area contributed by atoms with E-state index < -0.39 is 0 Å². The molecule has 3 rings (SSSR count). The first-order valence-electron chi connectivity index (χ1n) is 5.60. The van der Waals surface area contributed by atoms with E-state index in [1.165, 1.54) is 12.8 Å². The minimum Gasteiger partial charge on any atom is -0.322 e. The maximum absolute atomic E-state index is 6.25. The third kappa shape index (κ3) is 1.43. The molecular formula is C12H14ClN3. The molecule has 1 atom stereocenters. The van der Waals surface area contributed by atoms with E-state index in [9.17, 15) is 0 Å². The standard InChI is InChI=1S/C12H14ClN3/c1-7(14)12-15-10-4-2-3-9(13)11(10)16(12)8-5-6-8/h2-4,7-8H,5-6,14H2,1H3/t7-/m0/s1. The van der Waals surface area contributed by atoms with Crippen LogP contribution in [0, 0.1) is 0 Å². The van der Waals surface area contributed by atoms with Crippen LogP contribution >= 0.6 is 11.6 Å². The van der Waals surface area contributed by atoms with Crippen LogP contribution in [0.2, 0.25) is 5.02 Å². The Morgan fingerprint density at radius 1 is 1.50 bits per heavy atom. The highest BCUT2D eigenvalue weighted by Gasteiger charge is 2.29. The molecule has 0 saturated heterocycles. The smallest absolute Gasteiger partial charge is 0.126 e. The molecule has 4 heteroatoms. The summed E-state index contributed by atoms with van der Waals surface area (Å²) in [7, 11) is 0. The van der Waals surface area contributed by atoms with E-state index in [-0.39, 0.29) is 6.04 Å². The second kappa shape index (κ2) is 3.47. The van der Waals surface area contributed by atoms with Gasteiger partial charge < -0.3 is 10.3 Å². The Kier molecular flexibility index (Phi) is 2.19. The maximum atomic E-state index is 6.25. The molecule has 0 amide bonds. The van der Waals surface area contributed by atoms with Gasteiger partial charge in [0.25, 0.3) is 0 Å². The molecule has 0 bridgehead atoms. The van der Waals surface area contributed by atoms with Crippen molar-refractivity contribution in [3.8, 4) is 0 Å². The van der Waals surface area contributed by atoms with Crippen LogP contribution in [0.15, 0.2) is 18.2 Å². The summed E-state index contributed by atoms with van der Waals surface area (Å²) in [5.41, 5.74) is 7.96. The lowest BCUT2D eigenvalue weighted by Crippen LogP contribution is -2.12. The summed E-state index contributed by atoms with van der Waals surface area (Å²) in [5.74, 6) is 0.950. The van der Waals surface area contributed by atoms with E-state index in [2.05, 4.69) is 9.55 Å². The number of fused-ring (bicyclic) bond motifs is 1. The lowest BCUT2D eigenvalue weighted by atomic mass is 10.3. The second-order valence-electron chi connectivity index (χ2n) is 4.47. The molecule has 1 fully saturated rings. The molecular weight excluding hydrogens is 222 g/mol. The van der Waals surface area contributed by atoms with Crippen molar-refractivity contribution in [2.75, 3.05) is 0 Å². The van der Waals surface area contributed by atoms with Gasteiger partial charge in [0.2, 0.25) is 0 Å². The number of nitrogens with zero attached hydrogens (tertiary/aromatic N) is 2. The summed E-state index contributed by atoms with van der Waals surface area (Å²) >= 11 is 6.25. The fourth-order valence-electron chi connectivity index (χ4n) is 2.15. The number of para-hydroxylation sites is 1. The van der Waals surface area contributed by atoms with Crippen molar-refractivity contribution in [1.29, 1.82) is 0 Å². The average Bonchev–Trinajstić information content (AvgIpc) is 2.99. The fourth-order valence-corrected chi connectivity index (χ4v) is 2.41. The van der Waals surface area contributed by atoms with Crippen LogP contribution in [-0.4, -0.2) is 9.55 Å². The summed E-state index contributed by atoms with van der Waals surface area (Å²) in [5, 5.41) is 0.767. The zero-order chi connectivity index (χ0) is 11.3. The van der Waals surface area contributed by atoms with Gasteiger partial charge in [-0.15, -0.1) is 0 Å². The Morgan fingerprint density at radius 3 is 2.88 bits per heavy atom. The van der Waals surface area contributed by atoms with Gasteiger partial charge in [-0.1, -0.05) is 17.7 Å². The van der Waals surface area contributed by atoms with Crippen LogP contribution in [0.25, 0.3) is 11.0 Å². The molecule has 1 aliphatic carbocycles. The predicted octanol–water partition coefficient (Wildman–Crippen LogP) is 3.04. The van der Waals surface area contributed by atoms with Crippen LogP contribution < -0.4 is 5.73 Å². The van der Waals surface area contributed by atoms with Gasteiger partial charge in [-0.05, 0) is 31.9 Å². The first-order valence-corrected chi connectivity index (χ1v) is 5.98. The van der Waals surface area contributed by atoms with E-state index in [0.29, 0.717) is 6.04 Å². The Bertz CT molecular complexity index is 540. The summed E-state index contributed by atoms with van der Waals surface area (Å²) in [6.45, 7) is 1.97. The molecule has 3 nitrogen and oxygen atoms in total. The number of benzene rings is 1. The summed E-state index contributed by atoms with van der Waals surface area (Å²) in [4.78, 5) is 4.59. The Balaban J connectivity index is 2.34. The highest BCUT2D eigenvalue weighted by atomic mass is 35.5. The first kappa shape index (κ1) is 10.1. The molecule has 1 heterocycles. The Hall–Kier alpha value is -1.06. The zero-order valence-corrected chi connectivity index (χ0v) is 9.91. The minimum absolute atomic E-state index is 0.0518. The Labute approximate surface area is 99.2 Å². The van der Waals surface area contributed by atoms with Crippen molar-refractivity contribution in [2.24, 2.45) is 5.73 Å². The van der Waals surface area contributed by atoms with Crippen LogP contribution in [0.5, 0.6) is 0 Å². The number of rotatable bonds is 2. The van der Waals surface area contributed by atoms with Crippen LogP contribution in [-0.2, 0) is 0 Å². The monoisotopic (exact) mass is 235 g/mol. The third-order valence-corrected chi connectivity index (χ3v) is 3.31. The van der Waals surface area contributed by atoms with Crippen LogP contribution in [0.3, 0.4) is 0 Å². The van der Waals surface area contributed by atoms with Gasteiger partial charge in [-0.2, -0.15) is 0 Å². The molecule has 2 aromatic rings. The molecule has 0 aliphatic heterocycles. The normalized spacial score (nSPS) is 17.9. The van der Waals surface area contributed by atoms with Gasteiger partial charge >= 0.3 is 0 Å². The van der Waals surface area contributed by atoms with E-state index in [4.69, 9.17) is 17.3 Å². The van der Waals surface area contributed by atoms with Gasteiger partial charge in [0.1, 0.15) is 5.82 Å². The van der Waals surface area contributed by atoms with Crippen LogP contribution in [0.1, 0.15) is 37.7 Å². The summed E-state index contributed by atoms with van der Waals surface area (Å²) in [6.07, 6.45) is 2.41. The van der Waals surface area contributed by atoms with Crippen molar-refractivity contribution in [3.63, 3.8) is 0 Å². The minimum atomic E-state index is -0.0518. The number of aromatic nitrogens is 2. The van der Waals surface area contributed by atoms with Gasteiger partial charge in [-0.25, -0.2) is 4.98 Å². The van der Waals surface area contributed by atoms with Gasteiger partial charge in [-0.3, -0.25) is 0 Å². The second-order valence-corrected chi connectivity index (χ2v) is 4.87. The number of imidazole rings is 1.